The van der Waals surface area contributed by atoms with E-state index in [-0.39, 0.29) is 11.4 Å². The highest BCUT2D eigenvalue weighted by molar-refractivity contribution is 5.60. The van der Waals surface area contributed by atoms with Crippen molar-refractivity contribution in [2.45, 2.75) is 6.36 Å². The zero-order valence-electron chi connectivity index (χ0n) is 15.6. The van der Waals surface area contributed by atoms with Crippen molar-refractivity contribution in [3.63, 3.8) is 0 Å². The summed E-state index contributed by atoms with van der Waals surface area (Å²) in [5.41, 5.74) is 0.976. The number of alkyl halides is 3. The van der Waals surface area contributed by atoms with Crippen molar-refractivity contribution in [3.8, 4) is 34.6 Å². The van der Waals surface area contributed by atoms with Crippen LogP contribution in [-0.2, 0) is 0 Å². The monoisotopic (exact) mass is 423 g/mol. The quantitative estimate of drug-likeness (QED) is 0.498. The van der Waals surface area contributed by atoms with Crippen LogP contribution in [0.25, 0.3) is 22.8 Å². The van der Waals surface area contributed by atoms with E-state index in [0.717, 1.165) is 12.1 Å². The third-order valence-corrected chi connectivity index (χ3v) is 4.26. The predicted octanol–water partition coefficient (Wildman–Crippen LogP) is 3.86. The molecule has 0 N–H and O–H groups in total. The fraction of sp³-hybridized carbons (Fsp3) is 0.0476. The van der Waals surface area contributed by atoms with E-state index in [9.17, 15) is 23.2 Å². The molecule has 2 aromatic heterocycles. The number of halogens is 3. The third-order valence-electron chi connectivity index (χ3n) is 4.26. The van der Waals surface area contributed by atoms with Gasteiger partial charge in [-0.15, -0.1) is 13.2 Å². The van der Waals surface area contributed by atoms with Crippen molar-refractivity contribution < 1.29 is 17.9 Å². The molecule has 0 unspecified atom stereocenters. The number of aromatic nitrogens is 4. The molecule has 7 nitrogen and oxygen atoms in total. The van der Waals surface area contributed by atoms with Crippen molar-refractivity contribution in [1.82, 2.24) is 19.6 Å². The molecule has 154 valence electrons. The second-order valence-electron chi connectivity index (χ2n) is 6.28. The Morgan fingerprint density at radius 3 is 2.61 bits per heavy atom. The maximum atomic E-state index is 12.5. The van der Waals surface area contributed by atoms with Crippen molar-refractivity contribution in [1.29, 1.82) is 5.26 Å². The zero-order valence-corrected chi connectivity index (χ0v) is 15.6. The van der Waals surface area contributed by atoms with Gasteiger partial charge in [0.1, 0.15) is 11.8 Å². The molecule has 0 aliphatic carbocycles. The molecule has 0 radical (unpaired) electrons. The Morgan fingerprint density at radius 2 is 1.84 bits per heavy atom. The molecule has 0 bridgehead atoms. The first-order valence-corrected chi connectivity index (χ1v) is 8.86. The molecule has 2 aromatic carbocycles. The van der Waals surface area contributed by atoms with Gasteiger partial charge >= 0.3 is 6.36 Å². The van der Waals surface area contributed by atoms with Crippen LogP contribution in [0.3, 0.4) is 0 Å². The molecule has 0 atom stereocenters. The lowest BCUT2D eigenvalue weighted by atomic mass is 10.2. The van der Waals surface area contributed by atoms with E-state index in [1.807, 2.05) is 0 Å². The third kappa shape index (κ3) is 4.16. The standard InChI is InChI=1S/C21H12F3N5O2/c22-21(23,24)31-16-6-3-5-15(12-16)28-11-9-19(30)20(27-28)18-8-10-26-29(18)17-7-2-1-4-14(17)13-25/h1-12H. The van der Waals surface area contributed by atoms with Gasteiger partial charge in [-0.3, -0.25) is 4.79 Å². The van der Waals surface area contributed by atoms with Crippen LogP contribution in [-0.4, -0.2) is 25.9 Å². The molecule has 0 aliphatic rings. The van der Waals surface area contributed by atoms with Gasteiger partial charge in [-0.25, -0.2) is 9.36 Å². The van der Waals surface area contributed by atoms with Gasteiger partial charge in [0.05, 0.1) is 28.8 Å². The highest BCUT2D eigenvalue weighted by Crippen LogP contribution is 2.25. The van der Waals surface area contributed by atoms with E-state index in [2.05, 4.69) is 21.0 Å². The minimum atomic E-state index is -4.83. The Bertz CT molecular complexity index is 1350. The number of hydrogen-bond acceptors (Lipinski definition) is 5. The summed E-state index contributed by atoms with van der Waals surface area (Å²) in [6.45, 7) is 0. The van der Waals surface area contributed by atoms with E-state index in [1.165, 1.54) is 40.0 Å². The van der Waals surface area contributed by atoms with Crippen LogP contribution in [0.5, 0.6) is 5.75 Å². The summed E-state index contributed by atoms with van der Waals surface area (Å²) in [4.78, 5) is 12.5. The molecular formula is C21H12F3N5O2. The molecule has 0 aliphatic heterocycles. The molecule has 0 amide bonds. The lowest BCUT2D eigenvalue weighted by Gasteiger charge is -2.12. The molecule has 0 saturated heterocycles. The molecule has 4 rings (SSSR count). The summed E-state index contributed by atoms with van der Waals surface area (Å²) < 4.78 is 44.2. The fourth-order valence-electron chi connectivity index (χ4n) is 2.98. The van der Waals surface area contributed by atoms with Crippen molar-refractivity contribution >= 4 is 0 Å². The van der Waals surface area contributed by atoms with Crippen molar-refractivity contribution in [2.24, 2.45) is 0 Å². The summed E-state index contributed by atoms with van der Waals surface area (Å²) in [6, 6.07) is 16.8. The average molecular weight is 423 g/mol. The van der Waals surface area contributed by atoms with Crippen LogP contribution in [0, 0.1) is 11.3 Å². The van der Waals surface area contributed by atoms with Gasteiger partial charge in [0.25, 0.3) is 0 Å². The maximum Gasteiger partial charge on any atom is 0.573 e. The highest BCUT2D eigenvalue weighted by Gasteiger charge is 2.31. The molecule has 4 aromatic rings. The average Bonchev–Trinajstić information content (AvgIpc) is 3.22. The molecule has 31 heavy (non-hydrogen) atoms. The number of benzene rings is 2. The van der Waals surface area contributed by atoms with Crippen LogP contribution in [0.15, 0.2) is 77.9 Å². The van der Waals surface area contributed by atoms with Gasteiger partial charge in [0, 0.05) is 18.3 Å². The number of para-hydroxylation sites is 1. The van der Waals surface area contributed by atoms with E-state index >= 15 is 0 Å². The summed E-state index contributed by atoms with van der Waals surface area (Å²) in [6.07, 6.45) is -2.04. The smallest absolute Gasteiger partial charge is 0.406 e. The van der Waals surface area contributed by atoms with Crippen LogP contribution in [0.4, 0.5) is 13.2 Å². The summed E-state index contributed by atoms with van der Waals surface area (Å²) in [7, 11) is 0. The van der Waals surface area contributed by atoms with Crippen LogP contribution < -0.4 is 10.2 Å². The van der Waals surface area contributed by atoms with Gasteiger partial charge in [0.15, 0.2) is 5.69 Å². The lowest BCUT2D eigenvalue weighted by Crippen LogP contribution is -2.17. The van der Waals surface area contributed by atoms with Gasteiger partial charge in [-0.1, -0.05) is 18.2 Å². The SMILES string of the molecule is N#Cc1ccccc1-n1nccc1-c1nn(-c2cccc(OC(F)(F)F)c2)ccc1=O. The molecule has 2 heterocycles. The van der Waals surface area contributed by atoms with Crippen molar-refractivity contribution in [3.05, 3.63) is 88.8 Å². The topological polar surface area (TPSA) is 85.7 Å². The second kappa shape index (κ2) is 7.79. The molecule has 0 spiro atoms. The van der Waals surface area contributed by atoms with Crippen LogP contribution in [0.2, 0.25) is 0 Å². The Hall–Kier alpha value is -4.39. The van der Waals surface area contributed by atoms with Gasteiger partial charge in [-0.2, -0.15) is 15.5 Å². The number of ether oxygens (including phenoxy) is 1. The number of nitrogens with zero attached hydrogens (tertiary/aromatic N) is 5. The van der Waals surface area contributed by atoms with Gasteiger partial charge in [-0.05, 0) is 30.3 Å². The van der Waals surface area contributed by atoms with E-state index < -0.39 is 17.5 Å². The summed E-state index contributed by atoms with van der Waals surface area (Å²) in [5, 5.41) is 17.9. The Kier molecular flexibility index (Phi) is 5.00. The Morgan fingerprint density at radius 1 is 1.03 bits per heavy atom. The van der Waals surface area contributed by atoms with Gasteiger partial charge in [0.2, 0.25) is 5.43 Å². The number of nitriles is 1. The van der Waals surface area contributed by atoms with E-state index in [1.54, 1.807) is 30.3 Å². The minimum Gasteiger partial charge on any atom is -0.406 e. The normalized spacial score (nSPS) is 11.2. The van der Waals surface area contributed by atoms with Crippen molar-refractivity contribution in [2.75, 3.05) is 0 Å². The Balaban J connectivity index is 1.80. The Labute approximate surface area is 173 Å². The number of hydrogen-bond donors (Lipinski definition) is 0. The largest absolute Gasteiger partial charge is 0.573 e. The van der Waals surface area contributed by atoms with Gasteiger partial charge < -0.3 is 4.74 Å². The first kappa shape index (κ1) is 19.9. The maximum absolute atomic E-state index is 12.5. The lowest BCUT2D eigenvalue weighted by molar-refractivity contribution is -0.274. The van der Waals surface area contributed by atoms with Crippen LogP contribution in [0.1, 0.15) is 5.56 Å². The highest BCUT2D eigenvalue weighted by atomic mass is 19.4. The molecule has 0 saturated carbocycles. The second-order valence-corrected chi connectivity index (χ2v) is 6.28. The predicted molar refractivity (Wildman–Crippen MR) is 104 cm³/mol. The van der Waals surface area contributed by atoms with Crippen LogP contribution >= 0.6 is 0 Å². The molecule has 0 fully saturated rings. The first-order valence-electron chi connectivity index (χ1n) is 8.86. The minimum absolute atomic E-state index is 0.00915. The zero-order chi connectivity index (χ0) is 22.0. The van der Waals surface area contributed by atoms with E-state index in [4.69, 9.17) is 0 Å². The number of rotatable bonds is 4. The molecule has 10 heteroatoms. The fourth-order valence-corrected chi connectivity index (χ4v) is 2.98. The summed E-state index contributed by atoms with van der Waals surface area (Å²) in [5.74, 6) is -0.417. The first-order chi connectivity index (χ1) is 14.9. The summed E-state index contributed by atoms with van der Waals surface area (Å²) >= 11 is 0. The van der Waals surface area contributed by atoms with E-state index in [0.29, 0.717) is 16.9 Å². The molecular weight excluding hydrogens is 411 g/mol.